The highest BCUT2D eigenvalue weighted by atomic mass is 19.1. The fourth-order valence-electron chi connectivity index (χ4n) is 1.36. The lowest BCUT2D eigenvalue weighted by Crippen LogP contribution is -2.11. The van der Waals surface area contributed by atoms with Crippen molar-refractivity contribution >= 4 is 0 Å². The van der Waals surface area contributed by atoms with Gasteiger partial charge in [-0.15, -0.1) is 0 Å². The van der Waals surface area contributed by atoms with Crippen molar-refractivity contribution in [3.63, 3.8) is 0 Å². The molecule has 1 heterocycles. The number of ether oxygens (including phenoxy) is 1. The maximum absolute atomic E-state index is 13.0. The zero-order valence-electron chi connectivity index (χ0n) is 10.6. The average molecular weight is 227 g/mol. The van der Waals surface area contributed by atoms with E-state index >= 15 is 0 Å². The van der Waals surface area contributed by atoms with E-state index in [0.717, 1.165) is 24.2 Å². The molecule has 1 aliphatic rings. The smallest absolute Gasteiger partial charge is 0.128 e. The summed E-state index contributed by atoms with van der Waals surface area (Å²) in [5.74, 6) is -0.137. The topological polar surface area (TPSA) is 21.3 Å². The van der Waals surface area contributed by atoms with Crippen LogP contribution in [0.5, 0.6) is 0 Å². The Labute approximate surface area is 97.8 Å². The SMILES string of the molecule is CC.CNC.Fc1cccc2c1COCC2. The molecule has 2 rings (SSSR count). The lowest BCUT2D eigenvalue weighted by Gasteiger charge is -2.16. The summed E-state index contributed by atoms with van der Waals surface area (Å²) in [5, 5.41) is 2.75. The zero-order chi connectivity index (χ0) is 12.4. The van der Waals surface area contributed by atoms with E-state index in [1.807, 2.05) is 34.0 Å². The first-order valence-corrected chi connectivity index (χ1v) is 5.72. The lowest BCUT2D eigenvalue weighted by atomic mass is 10.0. The summed E-state index contributed by atoms with van der Waals surface area (Å²) in [6.45, 7) is 5.15. The Morgan fingerprint density at radius 2 is 1.88 bits per heavy atom. The van der Waals surface area contributed by atoms with Gasteiger partial charge in [0, 0.05) is 5.56 Å². The average Bonchev–Trinajstić information content (AvgIpc) is 2.33. The van der Waals surface area contributed by atoms with Crippen LogP contribution in [-0.2, 0) is 17.8 Å². The molecule has 2 nitrogen and oxygen atoms in total. The third-order valence-corrected chi connectivity index (χ3v) is 1.98. The Morgan fingerprint density at radius 1 is 1.25 bits per heavy atom. The molecular formula is C13H22FNO. The summed E-state index contributed by atoms with van der Waals surface area (Å²) in [4.78, 5) is 0. The summed E-state index contributed by atoms with van der Waals surface area (Å²) in [5.41, 5.74) is 1.83. The number of hydrogen-bond acceptors (Lipinski definition) is 2. The molecular weight excluding hydrogens is 205 g/mol. The molecule has 0 saturated carbocycles. The summed E-state index contributed by atoms with van der Waals surface area (Å²) >= 11 is 0. The van der Waals surface area contributed by atoms with Crippen molar-refractivity contribution in [2.75, 3.05) is 20.7 Å². The van der Waals surface area contributed by atoms with Crippen LogP contribution in [0.4, 0.5) is 4.39 Å². The second-order valence-electron chi connectivity index (χ2n) is 3.18. The van der Waals surface area contributed by atoms with Gasteiger partial charge in [-0.2, -0.15) is 0 Å². The highest BCUT2D eigenvalue weighted by molar-refractivity contribution is 5.29. The van der Waals surface area contributed by atoms with Crippen LogP contribution < -0.4 is 5.32 Å². The number of halogens is 1. The van der Waals surface area contributed by atoms with Gasteiger partial charge in [0.1, 0.15) is 5.82 Å². The molecule has 0 amide bonds. The first-order chi connectivity index (χ1) is 7.79. The van der Waals surface area contributed by atoms with Crippen LogP contribution in [0.2, 0.25) is 0 Å². The van der Waals surface area contributed by atoms with E-state index < -0.39 is 0 Å². The van der Waals surface area contributed by atoms with Gasteiger partial charge in [-0.1, -0.05) is 26.0 Å². The van der Waals surface area contributed by atoms with Gasteiger partial charge in [0.05, 0.1) is 13.2 Å². The predicted molar refractivity (Wildman–Crippen MR) is 66.1 cm³/mol. The van der Waals surface area contributed by atoms with Gasteiger partial charge >= 0.3 is 0 Å². The molecule has 0 spiro atoms. The van der Waals surface area contributed by atoms with Gasteiger partial charge in [-0.25, -0.2) is 4.39 Å². The molecule has 92 valence electrons. The Bertz CT molecular complexity index is 289. The molecule has 0 aromatic heterocycles. The van der Waals surface area contributed by atoms with Crippen molar-refractivity contribution in [3.8, 4) is 0 Å². The maximum Gasteiger partial charge on any atom is 0.128 e. The largest absolute Gasteiger partial charge is 0.376 e. The van der Waals surface area contributed by atoms with E-state index in [-0.39, 0.29) is 5.82 Å². The first-order valence-electron chi connectivity index (χ1n) is 5.72. The fourth-order valence-corrected chi connectivity index (χ4v) is 1.36. The van der Waals surface area contributed by atoms with Crippen LogP contribution >= 0.6 is 0 Å². The summed E-state index contributed by atoms with van der Waals surface area (Å²) in [6.07, 6.45) is 0.840. The molecule has 1 aromatic rings. The third-order valence-electron chi connectivity index (χ3n) is 1.98. The highest BCUT2D eigenvalue weighted by Gasteiger charge is 2.12. The Balaban J connectivity index is 0.000000394. The van der Waals surface area contributed by atoms with Gasteiger partial charge in [0.2, 0.25) is 0 Å². The van der Waals surface area contributed by atoms with Gasteiger partial charge in [0.15, 0.2) is 0 Å². The minimum Gasteiger partial charge on any atom is -0.376 e. The van der Waals surface area contributed by atoms with Crippen LogP contribution in [0.3, 0.4) is 0 Å². The quantitative estimate of drug-likeness (QED) is 0.736. The van der Waals surface area contributed by atoms with Gasteiger partial charge < -0.3 is 10.1 Å². The first kappa shape index (κ1) is 15.1. The standard InChI is InChI=1S/C9H9FO.C2H7N.C2H6/c10-9-3-1-2-7-4-5-11-6-8(7)9;1-3-2;1-2/h1-3H,4-6H2;3H,1-2H3;1-2H3. The molecule has 0 unspecified atom stereocenters. The van der Waals surface area contributed by atoms with E-state index in [2.05, 4.69) is 5.32 Å². The molecule has 1 aromatic carbocycles. The Kier molecular flexibility index (Phi) is 8.77. The van der Waals surface area contributed by atoms with Crippen LogP contribution in [0.25, 0.3) is 0 Å². The summed E-state index contributed by atoms with van der Waals surface area (Å²) in [6, 6.07) is 5.19. The fraction of sp³-hybridized carbons (Fsp3) is 0.538. The number of benzene rings is 1. The van der Waals surface area contributed by atoms with Crippen molar-refractivity contribution < 1.29 is 9.13 Å². The molecule has 1 N–H and O–H groups in total. The monoisotopic (exact) mass is 227 g/mol. The van der Waals surface area contributed by atoms with E-state index in [9.17, 15) is 4.39 Å². The molecule has 0 aliphatic carbocycles. The molecule has 1 aliphatic heterocycles. The molecule has 0 fully saturated rings. The molecule has 0 atom stereocenters. The van der Waals surface area contributed by atoms with Gasteiger partial charge in [-0.3, -0.25) is 0 Å². The van der Waals surface area contributed by atoms with Crippen molar-refractivity contribution in [2.24, 2.45) is 0 Å². The zero-order valence-corrected chi connectivity index (χ0v) is 10.6. The van der Waals surface area contributed by atoms with Crippen molar-refractivity contribution in [1.29, 1.82) is 0 Å². The van der Waals surface area contributed by atoms with E-state index in [0.29, 0.717) is 6.61 Å². The number of rotatable bonds is 0. The molecule has 3 heteroatoms. The van der Waals surface area contributed by atoms with Crippen LogP contribution in [0, 0.1) is 5.82 Å². The van der Waals surface area contributed by atoms with Crippen LogP contribution in [0.1, 0.15) is 25.0 Å². The lowest BCUT2D eigenvalue weighted by molar-refractivity contribution is 0.108. The van der Waals surface area contributed by atoms with E-state index in [1.54, 1.807) is 6.07 Å². The van der Waals surface area contributed by atoms with Crippen LogP contribution in [0.15, 0.2) is 18.2 Å². The second-order valence-corrected chi connectivity index (χ2v) is 3.18. The highest BCUT2D eigenvalue weighted by Crippen LogP contribution is 2.18. The minimum absolute atomic E-state index is 0.137. The normalized spacial score (nSPS) is 12.6. The predicted octanol–water partition coefficient (Wildman–Crippen LogP) is 2.76. The van der Waals surface area contributed by atoms with Crippen molar-refractivity contribution in [1.82, 2.24) is 5.32 Å². The minimum atomic E-state index is -0.137. The number of fused-ring (bicyclic) bond motifs is 1. The molecule has 16 heavy (non-hydrogen) atoms. The van der Waals surface area contributed by atoms with Gasteiger partial charge in [-0.05, 0) is 32.1 Å². The number of nitrogens with one attached hydrogen (secondary N) is 1. The van der Waals surface area contributed by atoms with E-state index in [4.69, 9.17) is 4.74 Å². The summed E-state index contributed by atoms with van der Waals surface area (Å²) < 4.78 is 18.1. The maximum atomic E-state index is 13.0. The Hall–Kier alpha value is -0.930. The van der Waals surface area contributed by atoms with Crippen LogP contribution in [-0.4, -0.2) is 20.7 Å². The molecule has 0 saturated heterocycles. The molecule has 0 bridgehead atoms. The third kappa shape index (κ3) is 4.73. The second kappa shape index (κ2) is 9.31. The van der Waals surface area contributed by atoms with E-state index in [1.165, 1.54) is 6.07 Å². The van der Waals surface area contributed by atoms with Crippen molar-refractivity contribution in [2.45, 2.75) is 26.9 Å². The molecule has 0 radical (unpaired) electrons. The van der Waals surface area contributed by atoms with Gasteiger partial charge in [0.25, 0.3) is 0 Å². The summed E-state index contributed by atoms with van der Waals surface area (Å²) in [7, 11) is 3.75. The Morgan fingerprint density at radius 3 is 2.44 bits per heavy atom. The van der Waals surface area contributed by atoms with Crippen molar-refractivity contribution in [3.05, 3.63) is 35.1 Å². The number of hydrogen-bond donors (Lipinski definition) is 1.